The largest absolute Gasteiger partial charge is 0.337 e. The Bertz CT molecular complexity index is 1740. The van der Waals surface area contributed by atoms with Crippen molar-refractivity contribution in [1.29, 1.82) is 0 Å². The highest BCUT2D eigenvalue weighted by Gasteiger charge is 2.21. The van der Waals surface area contributed by atoms with E-state index in [1.54, 1.807) is 49.0 Å². The average Bonchev–Trinajstić information content (AvgIpc) is 3.35. The van der Waals surface area contributed by atoms with Crippen LogP contribution in [-0.2, 0) is 19.9 Å². The molecular weight excluding hydrogens is 572 g/mol. The summed E-state index contributed by atoms with van der Waals surface area (Å²) in [6.45, 7) is 5.23. The maximum Gasteiger partial charge on any atom is 0.274 e. The Balaban J connectivity index is 1.20. The van der Waals surface area contributed by atoms with E-state index in [2.05, 4.69) is 27.6 Å². The fourth-order valence-corrected chi connectivity index (χ4v) is 7.13. The molecule has 10 heteroatoms. The van der Waals surface area contributed by atoms with E-state index >= 15 is 0 Å². The van der Waals surface area contributed by atoms with E-state index in [9.17, 15) is 14.4 Å². The number of aromatic nitrogens is 2. The number of thiophene rings is 1. The lowest BCUT2D eigenvalue weighted by molar-refractivity contribution is 0.0762. The summed E-state index contributed by atoms with van der Waals surface area (Å²) in [5, 5.41) is 6.27. The van der Waals surface area contributed by atoms with Crippen LogP contribution in [0.1, 0.15) is 55.3 Å². The molecule has 0 atom stereocenters. The first-order valence-corrected chi connectivity index (χ1v) is 16.0. The lowest BCUT2D eigenvalue weighted by Crippen LogP contribution is -2.34. The highest BCUT2D eigenvalue weighted by molar-refractivity contribution is 7.14. The van der Waals surface area contributed by atoms with Gasteiger partial charge in [0.05, 0.1) is 10.4 Å². The van der Waals surface area contributed by atoms with Crippen LogP contribution < -0.4 is 16.2 Å². The fraction of sp³-hybridized carbons (Fsp3) is 0.353. The van der Waals surface area contributed by atoms with Crippen molar-refractivity contribution >= 4 is 40.3 Å². The molecule has 1 aliphatic carbocycles. The number of hydrogen-bond donors (Lipinski definition) is 2. The van der Waals surface area contributed by atoms with E-state index in [0.717, 1.165) is 66.2 Å². The molecule has 0 saturated carbocycles. The number of benzene rings is 1. The Morgan fingerprint density at radius 1 is 0.932 bits per heavy atom. The minimum atomic E-state index is -0.201. The van der Waals surface area contributed by atoms with E-state index in [-0.39, 0.29) is 17.4 Å². The third-order valence-electron chi connectivity index (χ3n) is 8.58. The second kappa shape index (κ2) is 12.8. The van der Waals surface area contributed by atoms with Gasteiger partial charge in [-0.25, -0.2) is 4.98 Å². The predicted molar refractivity (Wildman–Crippen MR) is 176 cm³/mol. The van der Waals surface area contributed by atoms with Gasteiger partial charge in [-0.05, 0) is 99.6 Å². The van der Waals surface area contributed by atoms with E-state index in [4.69, 9.17) is 0 Å². The van der Waals surface area contributed by atoms with Gasteiger partial charge in [0.2, 0.25) is 0 Å². The maximum atomic E-state index is 13.2. The Kier molecular flexibility index (Phi) is 8.63. The highest BCUT2D eigenvalue weighted by atomic mass is 32.1. The van der Waals surface area contributed by atoms with Gasteiger partial charge >= 0.3 is 0 Å². The Morgan fingerprint density at radius 3 is 2.57 bits per heavy atom. The van der Waals surface area contributed by atoms with Gasteiger partial charge in [0.1, 0.15) is 11.5 Å². The number of hydrogen-bond acceptors (Lipinski definition) is 7. The van der Waals surface area contributed by atoms with Gasteiger partial charge < -0.3 is 25.0 Å². The van der Waals surface area contributed by atoms with Crippen molar-refractivity contribution in [3.63, 3.8) is 0 Å². The van der Waals surface area contributed by atoms with Crippen molar-refractivity contribution in [2.45, 2.75) is 39.0 Å². The average molecular weight is 611 g/mol. The van der Waals surface area contributed by atoms with E-state index in [1.165, 1.54) is 27.8 Å². The topological polar surface area (TPSA) is 99.6 Å². The molecule has 0 spiro atoms. The smallest absolute Gasteiger partial charge is 0.274 e. The summed E-state index contributed by atoms with van der Waals surface area (Å²) in [5.41, 5.74) is 5.38. The van der Waals surface area contributed by atoms with Gasteiger partial charge in [0.25, 0.3) is 17.4 Å². The zero-order chi connectivity index (χ0) is 30.8. The van der Waals surface area contributed by atoms with Crippen LogP contribution in [0, 0.1) is 6.92 Å². The van der Waals surface area contributed by atoms with Crippen molar-refractivity contribution in [3.05, 3.63) is 91.7 Å². The van der Waals surface area contributed by atoms with Gasteiger partial charge in [0, 0.05) is 55.2 Å². The van der Waals surface area contributed by atoms with Gasteiger partial charge in [-0.3, -0.25) is 14.4 Å². The number of anilines is 3. The molecule has 6 rings (SSSR count). The number of likely N-dealkylation sites (N-methyl/N-ethyl adjacent to an activating group) is 1. The van der Waals surface area contributed by atoms with Crippen LogP contribution in [0.4, 0.5) is 17.2 Å². The van der Waals surface area contributed by atoms with E-state index in [0.29, 0.717) is 23.6 Å². The number of carbonyl (C=O) groups excluding carboxylic acids is 2. The molecule has 0 radical (unpaired) electrons. The van der Waals surface area contributed by atoms with Crippen molar-refractivity contribution in [1.82, 2.24) is 19.4 Å². The van der Waals surface area contributed by atoms with Crippen molar-refractivity contribution < 1.29 is 9.59 Å². The zero-order valence-electron chi connectivity index (χ0n) is 25.5. The SMILES string of the molecule is Cc1c(NC(=O)c2cc3c(s2)CCCC3)cccc1-c1cc(Nc2ccc(C(=O)N3CCCN(C)CC3)cn2)c(=O)n(C)c1. The molecule has 0 unspecified atom stereocenters. The Morgan fingerprint density at radius 2 is 1.77 bits per heavy atom. The van der Waals surface area contributed by atoms with Crippen molar-refractivity contribution in [2.75, 3.05) is 43.9 Å². The number of fused-ring (bicyclic) bond motifs is 1. The van der Waals surface area contributed by atoms with Gasteiger partial charge in [-0.15, -0.1) is 11.3 Å². The molecule has 4 heterocycles. The zero-order valence-corrected chi connectivity index (χ0v) is 26.3. The molecule has 44 heavy (non-hydrogen) atoms. The maximum absolute atomic E-state index is 13.2. The first-order valence-electron chi connectivity index (χ1n) is 15.2. The Labute approximate surface area is 261 Å². The number of amides is 2. The van der Waals surface area contributed by atoms with E-state index in [1.807, 2.05) is 36.1 Å². The first-order chi connectivity index (χ1) is 21.3. The number of rotatable bonds is 6. The fourth-order valence-electron chi connectivity index (χ4n) is 5.98. The number of aryl methyl sites for hydroxylation is 3. The molecule has 4 aromatic rings. The lowest BCUT2D eigenvalue weighted by Gasteiger charge is -2.20. The number of carbonyl (C=O) groups is 2. The summed E-state index contributed by atoms with van der Waals surface area (Å²) in [7, 11) is 3.78. The van der Waals surface area contributed by atoms with Crippen LogP contribution in [0.25, 0.3) is 11.1 Å². The van der Waals surface area contributed by atoms with Gasteiger partial charge in [-0.1, -0.05) is 12.1 Å². The number of nitrogens with zero attached hydrogens (tertiary/aromatic N) is 4. The molecule has 2 N–H and O–H groups in total. The highest BCUT2D eigenvalue weighted by Crippen LogP contribution is 2.32. The molecule has 2 amide bonds. The Hall–Kier alpha value is -4.28. The van der Waals surface area contributed by atoms with Crippen LogP contribution in [-0.4, -0.2) is 64.4 Å². The second-order valence-electron chi connectivity index (χ2n) is 11.8. The molecule has 3 aromatic heterocycles. The first kappa shape index (κ1) is 29.8. The predicted octanol–water partition coefficient (Wildman–Crippen LogP) is 5.47. The van der Waals surface area contributed by atoms with Crippen LogP contribution in [0.3, 0.4) is 0 Å². The summed E-state index contributed by atoms with van der Waals surface area (Å²) in [6.07, 6.45) is 8.77. The monoisotopic (exact) mass is 610 g/mol. The lowest BCUT2D eigenvalue weighted by atomic mass is 9.99. The third-order valence-corrected chi connectivity index (χ3v) is 9.81. The minimum absolute atomic E-state index is 0.0293. The molecular formula is C34H38N6O3S. The van der Waals surface area contributed by atoms with Gasteiger partial charge in [0.15, 0.2) is 0 Å². The van der Waals surface area contributed by atoms with E-state index < -0.39 is 0 Å². The summed E-state index contributed by atoms with van der Waals surface area (Å²) in [5.74, 6) is 0.352. The quantitative estimate of drug-likeness (QED) is 0.301. The number of pyridine rings is 2. The van der Waals surface area contributed by atoms with Crippen molar-refractivity contribution in [3.8, 4) is 11.1 Å². The third kappa shape index (κ3) is 6.32. The van der Waals surface area contributed by atoms with Crippen LogP contribution in [0.15, 0.2) is 59.7 Å². The summed E-state index contributed by atoms with van der Waals surface area (Å²) in [6, 6.07) is 13.1. The van der Waals surface area contributed by atoms with Crippen LogP contribution in [0.2, 0.25) is 0 Å². The minimum Gasteiger partial charge on any atom is -0.337 e. The summed E-state index contributed by atoms with van der Waals surface area (Å²) >= 11 is 1.60. The number of nitrogens with one attached hydrogen (secondary N) is 2. The molecule has 0 bridgehead atoms. The van der Waals surface area contributed by atoms with Crippen molar-refractivity contribution in [2.24, 2.45) is 7.05 Å². The normalized spacial score (nSPS) is 15.4. The molecule has 1 fully saturated rings. The molecule has 228 valence electrons. The summed E-state index contributed by atoms with van der Waals surface area (Å²) in [4.78, 5) is 50.0. The van der Waals surface area contributed by atoms with Gasteiger partial charge in [-0.2, -0.15) is 0 Å². The molecule has 1 aromatic carbocycles. The molecule has 1 saturated heterocycles. The van der Waals surface area contributed by atoms with Crippen LogP contribution >= 0.6 is 11.3 Å². The van der Waals surface area contributed by atoms with Crippen LogP contribution in [0.5, 0.6) is 0 Å². The molecule has 1 aliphatic heterocycles. The second-order valence-corrected chi connectivity index (χ2v) is 12.9. The summed E-state index contributed by atoms with van der Waals surface area (Å²) < 4.78 is 1.53. The molecule has 2 aliphatic rings. The molecule has 9 nitrogen and oxygen atoms in total. The standard InChI is InChI=1S/C34H38N6O3S/c1-22-26(9-6-10-27(22)37-32(41)30-19-23-8-4-5-11-29(23)44-30)25-18-28(34(43)39(3)21-25)36-31-13-12-24(20-35-31)33(42)40-15-7-14-38(2)16-17-40/h6,9-10,12-13,18-21H,4-5,7-8,11,14-17H2,1-3H3,(H,35,36)(H,37,41).